The molecule has 3 aromatic carbocycles. The van der Waals surface area contributed by atoms with Crippen LogP contribution in [0.5, 0.6) is 5.75 Å². The Morgan fingerprint density at radius 1 is 1.03 bits per heavy atom. The molecule has 0 atom stereocenters. The summed E-state index contributed by atoms with van der Waals surface area (Å²) in [5.41, 5.74) is 4.68. The summed E-state index contributed by atoms with van der Waals surface area (Å²) in [5.74, 6) is 0.144. The molecular weight excluding hydrogens is 474 g/mol. The fourth-order valence-electron chi connectivity index (χ4n) is 3.22. The standard InChI is InChI=1S/C25H26ClN3O4S/c1-4-33-21-15-13-20(14-16-21)19(3)27-28-25(30)17-29(24-12-8-11-23(26)18(24)2)34(31,32)22-9-6-5-7-10-22/h5-16H,4,17H2,1-3H3,(H,28,30)/b27-19-. The quantitative estimate of drug-likeness (QED) is 0.339. The number of anilines is 1. The number of sulfonamides is 1. The van der Waals surface area contributed by atoms with Crippen LogP contribution in [0.1, 0.15) is 25.0 Å². The number of amides is 1. The number of rotatable bonds is 9. The summed E-state index contributed by atoms with van der Waals surface area (Å²) in [6.07, 6.45) is 0. The molecule has 3 rings (SSSR count). The minimum absolute atomic E-state index is 0.0660. The van der Waals surface area contributed by atoms with Gasteiger partial charge in [0.05, 0.1) is 22.9 Å². The first kappa shape index (κ1) is 25.3. The Morgan fingerprint density at radius 2 is 1.71 bits per heavy atom. The molecule has 0 aromatic heterocycles. The van der Waals surface area contributed by atoms with Gasteiger partial charge in [-0.1, -0.05) is 35.9 Å². The molecule has 1 amide bonds. The first-order chi connectivity index (χ1) is 16.2. The van der Waals surface area contributed by atoms with Gasteiger partial charge >= 0.3 is 0 Å². The molecule has 0 saturated carbocycles. The van der Waals surface area contributed by atoms with Crippen molar-refractivity contribution in [2.75, 3.05) is 17.5 Å². The number of carbonyl (C=O) groups is 1. The summed E-state index contributed by atoms with van der Waals surface area (Å²) in [6.45, 7) is 5.45. The van der Waals surface area contributed by atoms with Crippen LogP contribution in [0.3, 0.4) is 0 Å². The molecule has 0 saturated heterocycles. The van der Waals surface area contributed by atoms with Crippen molar-refractivity contribution < 1.29 is 17.9 Å². The van der Waals surface area contributed by atoms with E-state index in [2.05, 4.69) is 10.5 Å². The summed E-state index contributed by atoms with van der Waals surface area (Å²) in [4.78, 5) is 12.9. The summed E-state index contributed by atoms with van der Waals surface area (Å²) in [6, 6.07) is 20.1. The zero-order valence-electron chi connectivity index (χ0n) is 19.2. The maximum Gasteiger partial charge on any atom is 0.264 e. The van der Waals surface area contributed by atoms with E-state index in [4.69, 9.17) is 16.3 Å². The Labute approximate surface area is 205 Å². The lowest BCUT2D eigenvalue weighted by Gasteiger charge is -2.25. The number of benzene rings is 3. The molecule has 7 nitrogen and oxygen atoms in total. The average molecular weight is 500 g/mol. The predicted octanol–water partition coefficient (Wildman–Crippen LogP) is 4.78. The molecule has 0 aliphatic rings. The molecule has 178 valence electrons. The number of halogens is 1. The lowest BCUT2D eigenvalue weighted by atomic mass is 10.1. The van der Waals surface area contributed by atoms with Crippen LogP contribution < -0.4 is 14.5 Å². The normalized spacial score (nSPS) is 11.7. The third kappa shape index (κ3) is 5.95. The van der Waals surface area contributed by atoms with Crippen LogP contribution in [0.4, 0.5) is 5.69 Å². The van der Waals surface area contributed by atoms with Gasteiger partial charge < -0.3 is 4.74 Å². The van der Waals surface area contributed by atoms with E-state index in [1.807, 2.05) is 31.2 Å². The van der Waals surface area contributed by atoms with E-state index >= 15 is 0 Å². The Kier molecular flexibility index (Phi) is 8.31. The first-order valence-electron chi connectivity index (χ1n) is 10.6. The second kappa shape index (κ2) is 11.2. The van der Waals surface area contributed by atoms with Crippen molar-refractivity contribution in [1.82, 2.24) is 5.43 Å². The highest BCUT2D eigenvalue weighted by atomic mass is 35.5. The van der Waals surface area contributed by atoms with Crippen molar-refractivity contribution in [2.24, 2.45) is 5.10 Å². The average Bonchev–Trinajstić information content (AvgIpc) is 2.84. The molecular formula is C25H26ClN3O4S. The van der Waals surface area contributed by atoms with E-state index in [-0.39, 0.29) is 4.90 Å². The predicted molar refractivity (Wildman–Crippen MR) is 135 cm³/mol. The number of nitrogens with zero attached hydrogens (tertiary/aromatic N) is 2. The maximum atomic E-state index is 13.4. The third-order valence-corrected chi connectivity index (χ3v) is 7.24. The molecule has 0 aliphatic carbocycles. The molecule has 34 heavy (non-hydrogen) atoms. The van der Waals surface area contributed by atoms with E-state index in [1.54, 1.807) is 50.2 Å². The van der Waals surface area contributed by atoms with Crippen LogP contribution in [0.2, 0.25) is 5.02 Å². The fraction of sp³-hybridized carbons (Fsp3) is 0.200. The zero-order valence-corrected chi connectivity index (χ0v) is 20.7. The van der Waals surface area contributed by atoms with Crippen LogP contribution >= 0.6 is 11.6 Å². The Balaban J connectivity index is 1.85. The van der Waals surface area contributed by atoms with Crippen molar-refractivity contribution in [3.8, 4) is 5.75 Å². The molecule has 0 aliphatic heterocycles. The first-order valence-corrected chi connectivity index (χ1v) is 12.4. The highest BCUT2D eigenvalue weighted by molar-refractivity contribution is 7.92. The Morgan fingerprint density at radius 3 is 2.35 bits per heavy atom. The molecule has 1 N–H and O–H groups in total. The van der Waals surface area contributed by atoms with Crippen LogP contribution in [-0.4, -0.2) is 33.2 Å². The number of carbonyl (C=O) groups excluding carboxylic acids is 1. The second-order valence-corrected chi connectivity index (χ2v) is 9.67. The van der Waals surface area contributed by atoms with E-state index in [9.17, 15) is 13.2 Å². The molecule has 9 heteroatoms. The van der Waals surface area contributed by atoms with Crippen LogP contribution in [0, 0.1) is 6.92 Å². The number of hydrazone groups is 1. The van der Waals surface area contributed by atoms with E-state index in [0.717, 1.165) is 15.6 Å². The SMILES string of the molecule is CCOc1ccc(/C(C)=N\NC(=O)CN(c2cccc(Cl)c2C)S(=O)(=O)c2ccccc2)cc1. The lowest BCUT2D eigenvalue weighted by Crippen LogP contribution is -2.40. The summed E-state index contributed by atoms with van der Waals surface area (Å²) in [7, 11) is -4.04. The Hall–Kier alpha value is -3.36. The van der Waals surface area contributed by atoms with Crippen molar-refractivity contribution >= 4 is 38.9 Å². The van der Waals surface area contributed by atoms with Gasteiger partial charge in [-0.25, -0.2) is 13.8 Å². The zero-order chi connectivity index (χ0) is 24.7. The number of hydrogen-bond donors (Lipinski definition) is 1. The fourth-order valence-corrected chi connectivity index (χ4v) is 4.89. The van der Waals surface area contributed by atoms with Crippen molar-refractivity contribution in [1.29, 1.82) is 0 Å². The molecule has 0 bridgehead atoms. The highest BCUT2D eigenvalue weighted by Gasteiger charge is 2.28. The Bertz CT molecular complexity index is 1280. The number of nitrogens with one attached hydrogen (secondary N) is 1. The van der Waals surface area contributed by atoms with Gasteiger partial charge in [0.1, 0.15) is 12.3 Å². The molecule has 3 aromatic rings. The highest BCUT2D eigenvalue weighted by Crippen LogP contribution is 2.30. The summed E-state index contributed by atoms with van der Waals surface area (Å²) >= 11 is 6.24. The number of hydrogen-bond acceptors (Lipinski definition) is 5. The van der Waals surface area contributed by atoms with Gasteiger partial charge in [0.25, 0.3) is 15.9 Å². The van der Waals surface area contributed by atoms with Gasteiger partial charge in [-0.15, -0.1) is 0 Å². The molecule has 0 radical (unpaired) electrons. The van der Waals surface area contributed by atoms with Crippen molar-refractivity contribution in [2.45, 2.75) is 25.7 Å². The summed E-state index contributed by atoms with van der Waals surface area (Å²) in [5, 5.41) is 4.54. The van der Waals surface area contributed by atoms with Gasteiger partial charge in [-0.3, -0.25) is 9.10 Å². The summed E-state index contributed by atoms with van der Waals surface area (Å²) < 4.78 is 33.3. The van der Waals surface area contributed by atoms with Crippen LogP contribution in [0.25, 0.3) is 0 Å². The monoisotopic (exact) mass is 499 g/mol. The molecule has 0 fully saturated rings. The molecule has 0 heterocycles. The minimum atomic E-state index is -4.04. The van der Waals surface area contributed by atoms with E-state index in [1.165, 1.54) is 12.1 Å². The number of ether oxygens (including phenoxy) is 1. The molecule has 0 spiro atoms. The van der Waals surface area contributed by atoms with Gasteiger partial charge in [0.2, 0.25) is 0 Å². The lowest BCUT2D eigenvalue weighted by molar-refractivity contribution is -0.119. The minimum Gasteiger partial charge on any atom is -0.494 e. The maximum absolute atomic E-state index is 13.4. The largest absolute Gasteiger partial charge is 0.494 e. The van der Waals surface area contributed by atoms with Crippen molar-refractivity contribution in [3.05, 3.63) is 88.9 Å². The second-order valence-electron chi connectivity index (χ2n) is 7.40. The van der Waals surface area contributed by atoms with Gasteiger partial charge in [-0.05, 0) is 80.4 Å². The van der Waals surface area contributed by atoms with E-state index < -0.39 is 22.5 Å². The topological polar surface area (TPSA) is 88.1 Å². The van der Waals surface area contributed by atoms with Crippen molar-refractivity contribution in [3.63, 3.8) is 0 Å². The van der Waals surface area contributed by atoms with E-state index in [0.29, 0.717) is 28.6 Å². The van der Waals surface area contributed by atoms with Gasteiger partial charge in [-0.2, -0.15) is 5.10 Å². The molecule has 0 unspecified atom stereocenters. The van der Waals surface area contributed by atoms with Gasteiger partial charge in [0, 0.05) is 5.02 Å². The smallest absolute Gasteiger partial charge is 0.264 e. The van der Waals surface area contributed by atoms with Crippen LogP contribution in [0.15, 0.2) is 82.8 Å². The van der Waals surface area contributed by atoms with Gasteiger partial charge in [0.15, 0.2) is 0 Å². The van der Waals surface area contributed by atoms with Crippen LogP contribution in [-0.2, 0) is 14.8 Å². The third-order valence-electron chi connectivity index (χ3n) is 5.06.